The zero-order valence-corrected chi connectivity index (χ0v) is 7.60. The highest BCUT2D eigenvalue weighted by Crippen LogP contribution is 2.14. The van der Waals surface area contributed by atoms with Crippen molar-refractivity contribution >= 4 is 17.2 Å². The second-order valence-corrected chi connectivity index (χ2v) is 3.79. The minimum absolute atomic E-state index is 0.648. The molecule has 0 amide bonds. The number of likely N-dealkylation sites (tertiary alicyclic amines) is 1. The molecule has 2 heterocycles. The van der Waals surface area contributed by atoms with Gasteiger partial charge in [-0.25, -0.2) is 0 Å². The summed E-state index contributed by atoms with van der Waals surface area (Å²) < 4.78 is 0. The van der Waals surface area contributed by atoms with Crippen LogP contribution in [0.2, 0.25) is 0 Å². The van der Waals surface area contributed by atoms with E-state index in [0.29, 0.717) is 5.84 Å². The normalized spacial score (nSPS) is 16.8. The Morgan fingerprint density at radius 3 is 2.83 bits per heavy atom. The third kappa shape index (κ3) is 1.34. The van der Waals surface area contributed by atoms with Gasteiger partial charge in [0, 0.05) is 19.3 Å². The van der Waals surface area contributed by atoms with E-state index in [2.05, 4.69) is 9.88 Å². The lowest BCUT2D eigenvalue weighted by molar-refractivity contribution is 0.518. The molecule has 12 heavy (non-hydrogen) atoms. The van der Waals surface area contributed by atoms with Crippen LogP contribution in [-0.2, 0) is 0 Å². The molecule has 1 N–H and O–H groups in total. The molecule has 3 nitrogen and oxygen atoms in total. The van der Waals surface area contributed by atoms with Gasteiger partial charge in [-0.15, -0.1) is 11.3 Å². The molecule has 2 rings (SSSR count). The lowest BCUT2D eigenvalue weighted by atomic mass is 10.4. The van der Waals surface area contributed by atoms with Crippen molar-refractivity contribution in [3.63, 3.8) is 0 Å². The Kier molecular flexibility index (Phi) is 2.08. The highest BCUT2D eigenvalue weighted by Gasteiger charge is 2.16. The summed E-state index contributed by atoms with van der Waals surface area (Å²) in [7, 11) is 0. The minimum Gasteiger partial charge on any atom is -0.356 e. The fourth-order valence-corrected chi connectivity index (χ4v) is 2.03. The third-order valence-electron chi connectivity index (χ3n) is 2.09. The number of hydrogen-bond acceptors (Lipinski definition) is 3. The first-order chi connectivity index (χ1) is 5.88. The summed E-state index contributed by atoms with van der Waals surface area (Å²) >= 11 is 1.54. The fraction of sp³-hybridized carbons (Fsp3) is 0.500. The van der Waals surface area contributed by atoms with Gasteiger partial charge in [0.2, 0.25) is 0 Å². The smallest absolute Gasteiger partial charge is 0.139 e. The molecule has 0 aliphatic carbocycles. The molecule has 64 valence electrons. The standard InChI is InChI=1S/C8H11N3S/c9-8(7-5-10-6-12-7)11-3-1-2-4-11/h5-6,9H,1-4H2. The molecule has 0 saturated carbocycles. The molecule has 0 atom stereocenters. The molecule has 1 fully saturated rings. The van der Waals surface area contributed by atoms with Crippen LogP contribution in [0.1, 0.15) is 17.7 Å². The number of hydrogen-bond donors (Lipinski definition) is 1. The van der Waals surface area contributed by atoms with Crippen LogP contribution in [0.5, 0.6) is 0 Å². The number of nitrogens with one attached hydrogen (secondary N) is 1. The number of rotatable bonds is 1. The molecule has 1 aromatic heterocycles. The van der Waals surface area contributed by atoms with E-state index in [1.54, 1.807) is 23.0 Å². The SMILES string of the molecule is N=C(c1cncs1)N1CCCC1. The molecular weight excluding hydrogens is 170 g/mol. The maximum Gasteiger partial charge on any atom is 0.139 e. The lowest BCUT2D eigenvalue weighted by Gasteiger charge is -2.16. The second kappa shape index (κ2) is 3.23. The van der Waals surface area contributed by atoms with Crippen molar-refractivity contribution in [2.75, 3.05) is 13.1 Å². The first-order valence-electron chi connectivity index (χ1n) is 4.10. The Balaban J connectivity index is 2.09. The summed E-state index contributed by atoms with van der Waals surface area (Å²) in [6, 6.07) is 0. The molecule has 0 bridgehead atoms. The second-order valence-electron chi connectivity index (χ2n) is 2.91. The highest BCUT2D eigenvalue weighted by molar-refractivity contribution is 7.11. The van der Waals surface area contributed by atoms with Gasteiger partial charge in [-0.05, 0) is 12.8 Å². The average molecular weight is 181 g/mol. The van der Waals surface area contributed by atoms with Crippen molar-refractivity contribution in [3.8, 4) is 0 Å². The molecule has 0 spiro atoms. The molecule has 1 aliphatic heterocycles. The Bertz CT molecular complexity index is 262. The Morgan fingerprint density at radius 1 is 1.50 bits per heavy atom. The van der Waals surface area contributed by atoms with Crippen LogP contribution < -0.4 is 0 Å². The van der Waals surface area contributed by atoms with Crippen LogP contribution in [0.4, 0.5) is 0 Å². The number of amidine groups is 1. The molecule has 0 unspecified atom stereocenters. The quantitative estimate of drug-likeness (QED) is 0.527. The monoisotopic (exact) mass is 181 g/mol. The van der Waals surface area contributed by atoms with E-state index in [0.717, 1.165) is 18.0 Å². The maximum atomic E-state index is 7.84. The van der Waals surface area contributed by atoms with E-state index in [1.165, 1.54) is 12.8 Å². The zero-order valence-electron chi connectivity index (χ0n) is 6.79. The van der Waals surface area contributed by atoms with Crippen molar-refractivity contribution in [1.82, 2.24) is 9.88 Å². The Hall–Kier alpha value is -0.900. The van der Waals surface area contributed by atoms with Gasteiger partial charge in [-0.1, -0.05) is 0 Å². The van der Waals surface area contributed by atoms with E-state index >= 15 is 0 Å². The molecule has 0 radical (unpaired) electrons. The van der Waals surface area contributed by atoms with Crippen molar-refractivity contribution < 1.29 is 0 Å². The van der Waals surface area contributed by atoms with Crippen molar-refractivity contribution in [2.24, 2.45) is 0 Å². The van der Waals surface area contributed by atoms with Gasteiger partial charge in [0.05, 0.1) is 10.4 Å². The van der Waals surface area contributed by atoms with E-state index in [9.17, 15) is 0 Å². The Labute approximate surface area is 75.6 Å². The van der Waals surface area contributed by atoms with E-state index in [1.807, 2.05) is 0 Å². The van der Waals surface area contributed by atoms with Crippen LogP contribution in [-0.4, -0.2) is 28.8 Å². The largest absolute Gasteiger partial charge is 0.356 e. The predicted molar refractivity (Wildman–Crippen MR) is 49.7 cm³/mol. The third-order valence-corrected chi connectivity index (χ3v) is 2.87. The average Bonchev–Trinajstić information content (AvgIpc) is 2.77. The van der Waals surface area contributed by atoms with Crippen LogP contribution in [0.25, 0.3) is 0 Å². The van der Waals surface area contributed by atoms with Gasteiger partial charge in [0.25, 0.3) is 0 Å². The summed E-state index contributed by atoms with van der Waals surface area (Å²) in [5.74, 6) is 0.648. The molecule has 1 aliphatic rings. The van der Waals surface area contributed by atoms with Gasteiger partial charge in [0.1, 0.15) is 5.84 Å². The molecule has 1 aromatic rings. The first kappa shape index (κ1) is 7.73. The van der Waals surface area contributed by atoms with Crippen LogP contribution in [0, 0.1) is 5.41 Å². The maximum absolute atomic E-state index is 7.84. The lowest BCUT2D eigenvalue weighted by Crippen LogP contribution is -2.26. The number of thiazole rings is 1. The zero-order chi connectivity index (χ0) is 8.39. The molecule has 1 saturated heterocycles. The number of nitrogens with zero attached hydrogens (tertiary/aromatic N) is 2. The summed E-state index contributed by atoms with van der Waals surface area (Å²) in [4.78, 5) is 7.07. The Morgan fingerprint density at radius 2 is 2.25 bits per heavy atom. The van der Waals surface area contributed by atoms with Gasteiger partial charge in [0.15, 0.2) is 0 Å². The van der Waals surface area contributed by atoms with Gasteiger partial charge in [-0.2, -0.15) is 0 Å². The fourth-order valence-electron chi connectivity index (χ4n) is 1.43. The van der Waals surface area contributed by atoms with E-state index in [-0.39, 0.29) is 0 Å². The van der Waals surface area contributed by atoms with Crippen molar-refractivity contribution in [3.05, 3.63) is 16.6 Å². The first-order valence-corrected chi connectivity index (χ1v) is 4.98. The van der Waals surface area contributed by atoms with Gasteiger partial charge in [-0.3, -0.25) is 10.4 Å². The summed E-state index contributed by atoms with van der Waals surface area (Å²) in [5.41, 5.74) is 1.78. The molecule has 4 heteroatoms. The number of aromatic nitrogens is 1. The van der Waals surface area contributed by atoms with Crippen molar-refractivity contribution in [1.29, 1.82) is 5.41 Å². The summed E-state index contributed by atoms with van der Waals surface area (Å²) in [5, 5.41) is 7.84. The molecule has 0 aromatic carbocycles. The summed E-state index contributed by atoms with van der Waals surface area (Å²) in [6.07, 6.45) is 4.22. The van der Waals surface area contributed by atoms with E-state index < -0.39 is 0 Å². The van der Waals surface area contributed by atoms with Crippen LogP contribution in [0.15, 0.2) is 11.7 Å². The van der Waals surface area contributed by atoms with Crippen LogP contribution in [0.3, 0.4) is 0 Å². The predicted octanol–water partition coefficient (Wildman–Crippen LogP) is 1.56. The van der Waals surface area contributed by atoms with Crippen LogP contribution >= 0.6 is 11.3 Å². The topological polar surface area (TPSA) is 40.0 Å². The van der Waals surface area contributed by atoms with Gasteiger partial charge >= 0.3 is 0 Å². The van der Waals surface area contributed by atoms with Crippen molar-refractivity contribution in [2.45, 2.75) is 12.8 Å². The van der Waals surface area contributed by atoms with E-state index in [4.69, 9.17) is 5.41 Å². The molecular formula is C8H11N3S. The summed E-state index contributed by atoms with van der Waals surface area (Å²) in [6.45, 7) is 2.08. The highest BCUT2D eigenvalue weighted by atomic mass is 32.1. The minimum atomic E-state index is 0.648. The van der Waals surface area contributed by atoms with Gasteiger partial charge < -0.3 is 4.90 Å².